The lowest BCUT2D eigenvalue weighted by atomic mass is 10.1. The highest BCUT2D eigenvalue weighted by atomic mass is 32.2. The maximum Gasteiger partial charge on any atom is 0.246 e. The Labute approximate surface area is 238 Å². The standard InChI is InChI=1S/C28H32FN5O6S/c1-6-17-33(41(36,37)18(2)26(35)19-13-15-20(29)16-14-19)28-32-31-27(21-9-7-12-24(30-21)40-5)34(28)25-22(38-3)10-8-11-23(25)39-4/h7-16,18,26,35H,6,17H2,1-5H3/t18-,26-/m1/s1. The Morgan fingerprint density at radius 2 is 1.59 bits per heavy atom. The van der Waals surface area contributed by atoms with Crippen molar-refractivity contribution in [3.8, 4) is 34.6 Å². The summed E-state index contributed by atoms with van der Waals surface area (Å²) in [4.78, 5) is 4.48. The first-order valence-electron chi connectivity index (χ1n) is 12.8. The first kappa shape index (κ1) is 29.7. The van der Waals surface area contributed by atoms with Crippen molar-refractivity contribution in [3.63, 3.8) is 0 Å². The number of aliphatic hydroxyl groups excluding tert-OH is 1. The number of nitrogens with zero attached hydrogens (tertiary/aromatic N) is 5. The van der Waals surface area contributed by atoms with Gasteiger partial charge in [-0.25, -0.2) is 22.1 Å². The highest BCUT2D eigenvalue weighted by Crippen LogP contribution is 2.39. The molecule has 1 N–H and O–H groups in total. The Morgan fingerprint density at radius 3 is 2.17 bits per heavy atom. The number of hydrogen-bond donors (Lipinski definition) is 1. The molecule has 41 heavy (non-hydrogen) atoms. The van der Waals surface area contributed by atoms with Gasteiger partial charge >= 0.3 is 0 Å². The Hall–Kier alpha value is -4.23. The van der Waals surface area contributed by atoms with E-state index < -0.39 is 27.2 Å². The molecule has 0 saturated carbocycles. The number of benzene rings is 2. The van der Waals surface area contributed by atoms with Gasteiger partial charge in [-0.3, -0.25) is 4.57 Å². The van der Waals surface area contributed by atoms with Crippen LogP contribution in [-0.4, -0.2) is 66.4 Å². The summed E-state index contributed by atoms with van der Waals surface area (Å²) < 4.78 is 61.0. The number of halogens is 1. The first-order valence-corrected chi connectivity index (χ1v) is 14.3. The fourth-order valence-electron chi connectivity index (χ4n) is 4.35. The lowest BCUT2D eigenvalue weighted by molar-refractivity contribution is 0.175. The summed E-state index contributed by atoms with van der Waals surface area (Å²) in [5.41, 5.74) is 0.956. The average molecular weight is 586 g/mol. The molecule has 218 valence electrons. The molecule has 2 aromatic heterocycles. The van der Waals surface area contributed by atoms with Crippen molar-refractivity contribution in [2.75, 3.05) is 32.2 Å². The van der Waals surface area contributed by atoms with E-state index in [1.807, 2.05) is 6.92 Å². The lowest BCUT2D eigenvalue weighted by Crippen LogP contribution is -2.42. The summed E-state index contributed by atoms with van der Waals surface area (Å²) in [6, 6.07) is 15.2. The van der Waals surface area contributed by atoms with Gasteiger partial charge in [0, 0.05) is 12.6 Å². The van der Waals surface area contributed by atoms with Crippen LogP contribution in [0.2, 0.25) is 0 Å². The van der Waals surface area contributed by atoms with Crippen LogP contribution >= 0.6 is 0 Å². The monoisotopic (exact) mass is 585 g/mol. The lowest BCUT2D eigenvalue weighted by Gasteiger charge is -2.29. The summed E-state index contributed by atoms with van der Waals surface area (Å²) >= 11 is 0. The molecular formula is C28H32FN5O6S. The van der Waals surface area contributed by atoms with Crippen LogP contribution in [0, 0.1) is 5.82 Å². The molecule has 0 radical (unpaired) electrons. The topological polar surface area (TPSA) is 129 Å². The number of ether oxygens (including phenoxy) is 3. The van der Waals surface area contributed by atoms with Crippen molar-refractivity contribution < 1.29 is 32.1 Å². The third-order valence-corrected chi connectivity index (χ3v) is 8.67. The molecule has 2 aromatic carbocycles. The molecule has 0 saturated heterocycles. The van der Waals surface area contributed by atoms with Gasteiger partial charge in [0.1, 0.15) is 33.9 Å². The molecule has 0 unspecified atom stereocenters. The predicted molar refractivity (Wildman–Crippen MR) is 152 cm³/mol. The number of methoxy groups -OCH3 is 3. The van der Waals surface area contributed by atoms with Gasteiger partial charge in [-0.1, -0.05) is 31.2 Å². The maximum absolute atomic E-state index is 14.2. The minimum Gasteiger partial charge on any atom is -0.494 e. The molecule has 0 aliphatic rings. The number of rotatable bonds is 12. The Balaban J connectivity index is 1.96. The minimum absolute atomic E-state index is 0.0178. The maximum atomic E-state index is 14.2. The fraction of sp³-hybridized carbons (Fsp3) is 0.321. The van der Waals surface area contributed by atoms with E-state index in [9.17, 15) is 17.9 Å². The molecule has 0 fully saturated rings. The van der Waals surface area contributed by atoms with Crippen molar-refractivity contribution in [2.24, 2.45) is 0 Å². The molecule has 11 nitrogen and oxygen atoms in total. The smallest absolute Gasteiger partial charge is 0.246 e. The Kier molecular flexibility index (Phi) is 9.08. The largest absolute Gasteiger partial charge is 0.494 e. The third kappa shape index (κ3) is 5.81. The van der Waals surface area contributed by atoms with Crippen LogP contribution in [0.1, 0.15) is 31.9 Å². The molecule has 4 aromatic rings. The van der Waals surface area contributed by atoms with Crippen LogP contribution in [0.3, 0.4) is 0 Å². The zero-order valence-corrected chi connectivity index (χ0v) is 24.2. The minimum atomic E-state index is -4.29. The molecular weight excluding hydrogens is 553 g/mol. The normalized spacial score (nSPS) is 13.0. The van der Waals surface area contributed by atoms with Gasteiger partial charge in [-0.2, -0.15) is 0 Å². The molecule has 0 amide bonds. The number of aliphatic hydroxyl groups is 1. The zero-order valence-electron chi connectivity index (χ0n) is 23.4. The molecule has 4 rings (SSSR count). The van der Waals surface area contributed by atoms with E-state index in [4.69, 9.17) is 14.2 Å². The van der Waals surface area contributed by atoms with E-state index in [0.29, 0.717) is 35.2 Å². The van der Waals surface area contributed by atoms with Gasteiger partial charge in [0.25, 0.3) is 0 Å². The van der Waals surface area contributed by atoms with E-state index in [-0.39, 0.29) is 23.9 Å². The molecule has 0 aliphatic carbocycles. The van der Waals surface area contributed by atoms with Gasteiger partial charge < -0.3 is 19.3 Å². The van der Waals surface area contributed by atoms with Crippen LogP contribution in [0.5, 0.6) is 17.4 Å². The molecule has 2 heterocycles. The predicted octanol–water partition coefficient (Wildman–Crippen LogP) is 4.16. The van der Waals surface area contributed by atoms with E-state index in [1.165, 1.54) is 57.1 Å². The zero-order chi connectivity index (χ0) is 29.7. The van der Waals surface area contributed by atoms with Crippen LogP contribution < -0.4 is 18.5 Å². The van der Waals surface area contributed by atoms with Crippen LogP contribution in [0.15, 0.2) is 60.7 Å². The summed E-state index contributed by atoms with van der Waals surface area (Å²) in [6.45, 7) is 3.23. The fourth-order valence-corrected chi connectivity index (χ4v) is 6.02. The van der Waals surface area contributed by atoms with Crippen molar-refractivity contribution in [1.29, 1.82) is 0 Å². The SMILES string of the molecule is CCCN(c1nnc(-c2cccc(OC)n2)n1-c1c(OC)cccc1OC)S(=O)(=O)[C@H](C)[C@@H](O)c1ccc(F)cc1. The number of anilines is 1. The Bertz CT molecular complexity index is 1570. The third-order valence-electron chi connectivity index (χ3n) is 6.52. The molecule has 0 aliphatic heterocycles. The highest BCUT2D eigenvalue weighted by Gasteiger charge is 2.38. The van der Waals surface area contributed by atoms with Crippen LogP contribution in [0.4, 0.5) is 10.3 Å². The summed E-state index contributed by atoms with van der Waals surface area (Å²) in [7, 11) is 0.155. The average Bonchev–Trinajstić information content (AvgIpc) is 3.42. The van der Waals surface area contributed by atoms with Crippen molar-refractivity contribution in [3.05, 3.63) is 72.0 Å². The van der Waals surface area contributed by atoms with Gasteiger partial charge in [0.2, 0.25) is 21.9 Å². The summed E-state index contributed by atoms with van der Waals surface area (Å²) in [5, 5.41) is 18.4. The van der Waals surface area contributed by atoms with Gasteiger partial charge in [0.15, 0.2) is 5.82 Å². The number of hydrogen-bond acceptors (Lipinski definition) is 9. The van der Waals surface area contributed by atoms with E-state index in [0.717, 1.165) is 4.31 Å². The second-order valence-electron chi connectivity index (χ2n) is 9.05. The first-order chi connectivity index (χ1) is 19.7. The van der Waals surface area contributed by atoms with Crippen molar-refractivity contribution >= 4 is 16.0 Å². The second kappa shape index (κ2) is 12.5. The quantitative estimate of drug-likeness (QED) is 0.261. The van der Waals surface area contributed by atoms with Gasteiger partial charge in [0.05, 0.1) is 27.4 Å². The Morgan fingerprint density at radius 1 is 0.951 bits per heavy atom. The van der Waals surface area contributed by atoms with Gasteiger partial charge in [-0.05, 0) is 49.2 Å². The summed E-state index contributed by atoms with van der Waals surface area (Å²) in [5.74, 6) is 0.684. The van der Waals surface area contributed by atoms with E-state index >= 15 is 0 Å². The molecule has 2 atom stereocenters. The number of aromatic nitrogens is 4. The second-order valence-corrected chi connectivity index (χ2v) is 11.3. The summed E-state index contributed by atoms with van der Waals surface area (Å²) in [6.07, 6.45) is -1.03. The van der Waals surface area contributed by atoms with E-state index in [1.54, 1.807) is 36.4 Å². The van der Waals surface area contributed by atoms with Crippen LogP contribution in [0.25, 0.3) is 17.2 Å². The van der Waals surface area contributed by atoms with Crippen molar-refractivity contribution in [2.45, 2.75) is 31.6 Å². The molecule has 0 spiro atoms. The molecule has 13 heteroatoms. The van der Waals surface area contributed by atoms with Crippen molar-refractivity contribution in [1.82, 2.24) is 19.7 Å². The number of para-hydroxylation sites is 1. The number of sulfonamides is 1. The van der Waals surface area contributed by atoms with Gasteiger partial charge in [-0.15, -0.1) is 10.2 Å². The molecule has 0 bridgehead atoms. The number of pyridine rings is 1. The highest BCUT2D eigenvalue weighted by molar-refractivity contribution is 7.93. The van der Waals surface area contributed by atoms with Crippen LogP contribution in [-0.2, 0) is 10.0 Å². The van der Waals surface area contributed by atoms with E-state index in [2.05, 4.69) is 15.2 Å².